The van der Waals surface area contributed by atoms with Gasteiger partial charge in [-0.3, -0.25) is 0 Å². The van der Waals surface area contributed by atoms with Crippen molar-refractivity contribution in [3.63, 3.8) is 0 Å². The van der Waals surface area contributed by atoms with Crippen LogP contribution >= 0.6 is 46.0 Å². The van der Waals surface area contributed by atoms with Crippen molar-refractivity contribution >= 4 is 54.7 Å². The molecular weight excluding hydrogens is 429 g/mol. The van der Waals surface area contributed by atoms with E-state index >= 15 is 0 Å². The van der Waals surface area contributed by atoms with E-state index in [1.807, 2.05) is 10.2 Å². The van der Waals surface area contributed by atoms with E-state index in [0.29, 0.717) is 32.3 Å². The average molecular weight is 469 g/mol. The normalized spacial score (nSPS) is 11.7. The Labute approximate surface area is 191 Å². The van der Waals surface area contributed by atoms with Gasteiger partial charge in [0.05, 0.1) is 0 Å². The van der Waals surface area contributed by atoms with E-state index in [2.05, 4.69) is 77.1 Å². The number of thiocarbonyl (C=S) groups is 2. The molecule has 6 nitrogen and oxygen atoms in total. The summed E-state index contributed by atoms with van der Waals surface area (Å²) in [5.41, 5.74) is 13.5. The van der Waals surface area contributed by atoms with Crippen LogP contribution in [-0.4, -0.2) is 45.1 Å². The maximum atomic E-state index is 5.62. The van der Waals surface area contributed by atoms with Gasteiger partial charge in [0.25, 0.3) is 0 Å². The molecule has 4 N–H and O–H groups in total. The Hall–Kier alpha value is 0.320. The van der Waals surface area contributed by atoms with Crippen molar-refractivity contribution in [3.8, 4) is 0 Å². The second kappa shape index (κ2) is 16.1. The van der Waals surface area contributed by atoms with Crippen molar-refractivity contribution in [2.75, 3.05) is 26.2 Å². The fourth-order valence-electron chi connectivity index (χ4n) is 1.61. The molecule has 0 fully saturated rings. The molecule has 28 heavy (non-hydrogen) atoms. The lowest BCUT2D eigenvalue weighted by molar-refractivity contribution is 0.207. The molecule has 0 atom stereocenters. The summed E-state index contributed by atoms with van der Waals surface area (Å²) < 4.78 is 1.42. The van der Waals surface area contributed by atoms with Gasteiger partial charge in [-0.25, -0.2) is 31.9 Å². The Kier molecular flexibility index (Phi) is 16.3. The van der Waals surface area contributed by atoms with Crippen molar-refractivity contribution < 1.29 is 0 Å². The van der Waals surface area contributed by atoms with Gasteiger partial charge < -0.3 is 0 Å². The van der Waals surface area contributed by atoms with Gasteiger partial charge in [0.2, 0.25) is 0 Å². The van der Waals surface area contributed by atoms with E-state index in [1.54, 1.807) is 0 Å². The van der Waals surface area contributed by atoms with Gasteiger partial charge in [0, 0.05) is 26.2 Å². The Morgan fingerprint density at radius 1 is 0.571 bits per heavy atom. The number of rotatable bonds is 12. The van der Waals surface area contributed by atoms with Crippen molar-refractivity contribution in [2.24, 2.45) is 23.7 Å². The molecule has 0 bridgehead atoms. The summed E-state index contributed by atoms with van der Waals surface area (Å²) in [6, 6.07) is 0. The fraction of sp³-hybridized carbons (Fsp3) is 0.889. The SMILES string of the molecule is CC(C)CNN(NCC(C)C)C(=S)SSC(=S)N(NCC(C)C)NCC(C)C. The third-order valence-corrected chi connectivity index (χ3v) is 6.61. The highest BCUT2D eigenvalue weighted by Gasteiger charge is 2.16. The summed E-state index contributed by atoms with van der Waals surface area (Å²) in [7, 11) is 2.96. The Bertz CT molecular complexity index is 382. The highest BCUT2D eigenvalue weighted by Crippen LogP contribution is 2.26. The minimum absolute atomic E-state index is 0.529. The average Bonchev–Trinajstić information content (AvgIpc) is 2.58. The van der Waals surface area contributed by atoms with E-state index in [1.165, 1.54) is 21.6 Å². The van der Waals surface area contributed by atoms with Crippen molar-refractivity contribution in [3.05, 3.63) is 0 Å². The maximum Gasteiger partial charge on any atom is 0.177 e. The van der Waals surface area contributed by atoms with Gasteiger partial charge in [-0.2, -0.15) is 0 Å². The second-order valence-electron chi connectivity index (χ2n) is 8.39. The zero-order valence-corrected chi connectivity index (χ0v) is 21.9. The predicted octanol–water partition coefficient (Wildman–Crippen LogP) is 4.18. The molecule has 0 saturated heterocycles. The van der Waals surface area contributed by atoms with E-state index in [9.17, 15) is 0 Å². The first-order chi connectivity index (χ1) is 13.0. The zero-order chi connectivity index (χ0) is 21.7. The van der Waals surface area contributed by atoms with Crippen LogP contribution < -0.4 is 21.7 Å². The molecule has 0 aromatic rings. The lowest BCUT2D eigenvalue weighted by atomic mass is 10.2. The van der Waals surface area contributed by atoms with Crippen LogP contribution in [0.5, 0.6) is 0 Å². The molecule has 166 valence electrons. The van der Waals surface area contributed by atoms with Crippen LogP contribution in [0.3, 0.4) is 0 Å². The molecule has 0 aromatic heterocycles. The summed E-state index contributed by atoms with van der Waals surface area (Å²) >= 11 is 11.2. The number of hydrazine groups is 4. The monoisotopic (exact) mass is 468 g/mol. The van der Waals surface area contributed by atoms with Crippen LogP contribution in [0, 0.1) is 23.7 Å². The lowest BCUT2D eigenvalue weighted by Gasteiger charge is -2.29. The number of nitrogens with zero attached hydrogens (tertiary/aromatic N) is 2. The highest BCUT2D eigenvalue weighted by atomic mass is 33.1. The molecule has 0 rings (SSSR count). The van der Waals surface area contributed by atoms with Crippen LogP contribution in [0.4, 0.5) is 0 Å². The van der Waals surface area contributed by atoms with Crippen molar-refractivity contribution in [2.45, 2.75) is 55.4 Å². The maximum absolute atomic E-state index is 5.62. The second-order valence-corrected chi connectivity index (χ2v) is 11.8. The summed E-state index contributed by atoms with van der Waals surface area (Å²) in [6.07, 6.45) is 0. The quantitative estimate of drug-likeness (QED) is 0.191. The third-order valence-electron chi connectivity index (χ3n) is 3.18. The van der Waals surface area contributed by atoms with Crippen LogP contribution in [0.1, 0.15) is 55.4 Å². The number of hydrogen-bond donors (Lipinski definition) is 4. The van der Waals surface area contributed by atoms with Gasteiger partial charge in [-0.05, 0) is 69.7 Å². The molecule has 0 saturated carbocycles. The first kappa shape index (κ1) is 28.3. The molecule has 0 aromatic carbocycles. The molecule has 0 unspecified atom stereocenters. The van der Waals surface area contributed by atoms with Gasteiger partial charge in [0.1, 0.15) is 0 Å². The standard InChI is InChI=1S/C18H40N6S4/c1-13(2)9-19-23(20-10-14(3)4)17(25)27-28-18(26)24(21-11-15(5)6)22-12-16(7)8/h13-16,19-22H,9-12H2,1-8H3. The first-order valence-electron chi connectivity index (χ1n) is 9.99. The molecule has 0 aliphatic heterocycles. The summed E-state index contributed by atoms with van der Waals surface area (Å²) in [4.78, 5) is 0. The largest absolute Gasteiger partial charge is 0.223 e. The van der Waals surface area contributed by atoms with E-state index in [4.69, 9.17) is 24.4 Å². The molecule has 0 heterocycles. The lowest BCUT2D eigenvalue weighted by Crippen LogP contribution is -2.53. The third kappa shape index (κ3) is 15.2. The van der Waals surface area contributed by atoms with Gasteiger partial charge in [-0.1, -0.05) is 55.4 Å². The Morgan fingerprint density at radius 2 is 0.786 bits per heavy atom. The van der Waals surface area contributed by atoms with Crippen molar-refractivity contribution in [1.29, 1.82) is 0 Å². The summed E-state index contributed by atoms with van der Waals surface area (Å²) in [5, 5.41) is 3.70. The fourth-order valence-corrected chi connectivity index (χ4v) is 3.91. The topological polar surface area (TPSA) is 54.6 Å². The molecule has 10 heteroatoms. The molecule has 0 amide bonds. The minimum Gasteiger partial charge on any atom is -0.223 e. The Morgan fingerprint density at radius 3 is 0.964 bits per heavy atom. The smallest absolute Gasteiger partial charge is 0.177 e. The molecule has 0 radical (unpaired) electrons. The van der Waals surface area contributed by atoms with E-state index < -0.39 is 0 Å². The van der Waals surface area contributed by atoms with Crippen LogP contribution in [0.15, 0.2) is 0 Å². The van der Waals surface area contributed by atoms with Crippen LogP contribution in [0.2, 0.25) is 0 Å². The minimum atomic E-state index is 0.529. The van der Waals surface area contributed by atoms with Gasteiger partial charge in [0.15, 0.2) is 8.64 Å². The van der Waals surface area contributed by atoms with Gasteiger partial charge in [-0.15, -0.1) is 0 Å². The van der Waals surface area contributed by atoms with Crippen molar-refractivity contribution in [1.82, 2.24) is 31.9 Å². The summed E-state index contributed by atoms with van der Waals surface area (Å²) in [5.74, 6) is 2.11. The molecular formula is C18H40N6S4. The van der Waals surface area contributed by atoms with Gasteiger partial charge >= 0.3 is 0 Å². The molecule has 0 aliphatic rings. The van der Waals surface area contributed by atoms with Crippen LogP contribution in [0.25, 0.3) is 0 Å². The highest BCUT2D eigenvalue weighted by molar-refractivity contribution is 8.89. The summed E-state index contributed by atoms with van der Waals surface area (Å²) in [6.45, 7) is 20.8. The van der Waals surface area contributed by atoms with E-state index in [-0.39, 0.29) is 0 Å². The van der Waals surface area contributed by atoms with Crippen LogP contribution in [-0.2, 0) is 0 Å². The number of hydrogen-bond acceptors (Lipinski definition) is 8. The number of nitrogens with one attached hydrogen (secondary N) is 4. The zero-order valence-electron chi connectivity index (χ0n) is 18.7. The van der Waals surface area contributed by atoms with E-state index in [0.717, 1.165) is 26.2 Å². The molecule has 0 aliphatic carbocycles. The molecule has 0 spiro atoms. The predicted molar refractivity (Wildman–Crippen MR) is 135 cm³/mol. The Balaban J connectivity index is 4.73. The first-order valence-corrected chi connectivity index (χ1v) is 13.0.